The van der Waals surface area contributed by atoms with Gasteiger partial charge < -0.3 is 15.8 Å². The molecule has 0 saturated heterocycles. The van der Waals surface area contributed by atoms with E-state index in [1.807, 2.05) is 6.92 Å². The molecule has 0 aliphatic carbocycles. The standard InChI is InChI=1S/C14H21N3O4/c1-10-5-6-11(17(19)20)12(9-10)21-8-4-7-14(2,16-3)13(15)18/h5-6,9,16H,4,7-8H2,1-3H3,(H2,15,18). The largest absolute Gasteiger partial charge is 0.487 e. The fourth-order valence-corrected chi connectivity index (χ4v) is 1.87. The van der Waals surface area contributed by atoms with E-state index in [1.54, 1.807) is 26.1 Å². The number of carbonyl (C=O) groups excluding carboxylic acids is 1. The number of nitrogens with two attached hydrogens (primary N) is 1. The molecule has 1 atom stereocenters. The average molecular weight is 295 g/mol. The van der Waals surface area contributed by atoms with Crippen molar-refractivity contribution in [1.29, 1.82) is 0 Å². The molecule has 0 fully saturated rings. The van der Waals surface area contributed by atoms with Gasteiger partial charge in [0.2, 0.25) is 5.91 Å². The molecule has 3 N–H and O–H groups in total. The van der Waals surface area contributed by atoms with Crippen molar-refractivity contribution >= 4 is 11.6 Å². The number of rotatable bonds is 8. The lowest BCUT2D eigenvalue weighted by Gasteiger charge is -2.25. The van der Waals surface area contributed by atoms with Gasteiger partial charge in [-0.25, -0.2) is 0 Å². The van der Waals surface area contributed by atoms with Gasteiger partial charge in [-0.1, -0.05) is 6.07 Å². The van der Waals surface area contributed by atoms with Crippen LogP contribution < -0.4 is 15.8 Å². The summed E-state index contributed by atoms with van der Waals surface area (Å²) in [6, 6.07) is 4.71. The van der Waals surface area contributed by atoms with Gasteiger partial charge in [0.05, 0.1) is 17.1 Å². The Morgan fingerprint density at radius 2 is 2.19 bits per heavy atom. The third kappa shape index (κ3) is 4.42. The quantitative estimate of drug-likeness (QED) is 0.429. The summed E-state index contributed by atoms with van der Waals surface area (Å²) in [5, 5.41) is 13.8. The van der Waals surface area contributed by atoms with E-state index in [1.165, 1.54) is 6.07 Å². The molecular formula is C14H21N3O4. The van der Waals surface area contributed by atoms with E-state index in [4.69, 9.17) is 10.5 Å². The summed E-state index contributed by atoms with van der Waals surface area (Å²) in [6.07, 6.45) is 1.03. The Bertz CT molecular complexity index is 533. The van der Waals surface area contributed by atoms with Gasteiger partial charge in [-0.05, 0) is 45.4 Å². The lowest BCUT2D eigenvalue weighted by atomic mass is 9.95. The number of nitro benzene ring substituents is 1. The normalized spacial score (nSPS) is 13.5. The molecule has 0 spiro atoms. The zero-order valence-corrected chi connectivity index (χ0v) is 12.5. The molecule has 1 unspecified atom stereocenters. The highest BCUT2D eigenvalue weighted by Crippen LogP contribution is 2.28. The van der Waals surface area contributed by atoms with Crippen LogP contribution in [0.25, 0.3) is 0 Å². The van der Waals surface area contributed by atoms with Gasteiger partial charge in [0, 0.05) is 6.07 Å². The molecule has 0 saturated carbocycles. The van der Waals surface area contributed by atoms with Crippen LogP contribution in [0.3, 0.4) is 0 Å². The van der Waals surface area contributed by atoms with E-state index in [9.17, 15) is 14.9 Å². The summed E-state index contributed by atoms with van der Waals surface area (Å²) < 4.78 is 5.48. The van der Waals surface area contributed by atoms with Crippen LogP contribution in [0.2, 0.25) is 0 Å². The van der Waals surface area contributed by atoms with Crippen LogP contribution in [0.1, 0.15) is 25.3 Å². The number of likely N-dealkylation sites (N-methyl/N-ethyl adjacent to an activating group) is 1. The summed E-state index contributed by atoms with van der Waals surface area (Å²) >= 11 is 0. The Kier molecular flexibility index (Phi) is 5.66. The Morgan fingerprint density at radius 1 is 1.52 bits per heavy atom. The molecule has 21 heavy (non-hydrogen) atoms. The lowest BCUT2D eigenvalue weighted by Crippen LogP contribution is -2.51. The fraction of sp³-hybridized carbons (Fsp3) is 0.500. The van der Waals surface area contributed by atoms with Crippen molar-refractivity contribution in [2.24, 2.45) is 5.73 Å². The minimum atomic E-state index is -0.804. The summed E-state index contributed by atoms with van der Waals surface area (Å²) in [5.74, 6) is -0.197. The number of benzene rings is 1. The maximum absolute atomic E-state index is 11.3. The number of aryl methyl sites for hydroxylation is 1. The molecule has 1 aromatic carbocycles. The van der Waals surface area contributed by atoms with Crippen molar-refractivity contribution in [1.82, 2.24) is 5.32 Å². The van der Waals surface area contributed by atoms with Gasteiger partial charge in [0.25, 0.3) is 0 Å². The summed E-state index contributed by atoms with van der Waals surface area (Å²) in [6.45, 7) is 3.82. The number of amides is 1. The van der Waals surface area contributed by atoms with E-state index >= 15 is 0 Å². The first-order chi connectivity index (χ1) is 9.80. The molecule has 0 radical (unpaired) electrons. The third-order valence-electron chi connectivity index (χ3n) is 3.49. The van der Waals surface area contributed by atoms with Crippen LogP contribution in [0.4, 0.5) is 5.69 Å². The lowest BCUT2D eigenvalue weighted by molar-refractivity contribution is -0.385. The zero-order valence-electron chi connectivity index (χ0n) is 12.5. The molecule has 1 rings (SSSR count). The van der Waals surface area contributed by atoms with Crippen LogP contribution in [0, 0.1) is 17.0 Å². The number of hydrogen-bond donors (Lipinski definition) is 2. The van der Waals surface area contributed by atoms with E-state index in [0.29, 0.717) is 12.8 Å². The molecule has 7 nitrogen and oxygen atoms in total. The van der Waals surface area contributed by atoms with Crippen molar-refractivity contribution in [3.8, 4) is 5.75 Å². The number of nitrogens with zero attached hydrogens (tertiary/aromatic N) is 1. The molecule has 0 aliphatic heterocycles. The highest BCUT2D eigenvalue weighted by Gasteiger charge is 2.28. The second kappa shape index (κ2) is 7.03. The molecule has 0 aliphatic rings. The SMILES string of the molecule is CNC(C)(CCCOc1cc(C)ccc1[N+](=O)[O-])C(N)=O. The number of nitrogens with one attached hydrogen (secondary N) is 1. The minimum Gasteiger partial charge on any atom is -0.487 e. The van der Waals surface area contributed by atoms with Crippen molar-refractivity contribution in [2.75, 3.05) is 13.7 Å². The van der Waals surface area contributed by atoms with Crippen molar-refractivity contribution in [3.63, 3.8) is 0 Å². The van der Waals surface area contributed by atoms with Gasteiger partial charge in [-0.3, -0.25) is 14.9 Å². The number of ether oxygens (including phenoxy) is 1. The molecule has 0 bridgehead atoms. The molecular weight excluding hydrogens is 274 g/mol. The highest BCUT2D eigenvalue weighted by molar-refractivity contribution is 5.84. The fourth-order valence-electron chi connectivity index (χ4n) is 1.87. The van der Waals surface area contributed by atoms with Crippen LogP contribution in [-0.2, 0) is 4.79 Å². The Balaban J connectivity index is 2.63. The first-order valence-electron chi connectivity index (χ1n) is 6.67. The number of carbonyl (C=O) groups is 1. The number of nitro groups is 1. The van der Waals surface area contributed by atoms with Crippen LogP contribution in [-0.4, -0.2) is 30.0 Å². The summed E-state index contributed by atoms with van der Waals surface area (Å²) in [4.78, 5) is 21.8. The smallest absolute Gasteiger partial charge is 0.310 e. The molecule has 116 valence electrons. The predicted octanol–water partition coefficient (Wildman–Crippen LogP) is 1.53. The van der Waals surface area contributed by atoms with Crippen molar-refractivity contribution < 1.29 is 14.5 Å². The number of primary amides is 1. The van der Waals surface area contributed by atoms with Crippen molar-refractivity contribution in [3.05, 3.63) is 33.9 Å². The van der Waals surface area contributed by atoms with E-state index in [0.717, 1.165) is 5.56 Å². The summed E-state index contributed by atoms with van der Waals surface area (Å²) in [7, 11) is 1.66. The van der Waals surface area contributed by atoms with Gasteiger partial charge in [-0.15, -0.1) is 0 Å². The second-order valence-corrected chi connectivity index (χ2v) is 5.13. The van der Waals surface area contributed by atoms with E-state index in [2.05, 4.69) is 5.32 Å². The molecule has 7 heteroatoms. The van der Waals surface area contributed by atoms with Crippen LogP contribution in [0.5, 0.6) is 5.75 Å². The maximum Gasteiger partial charge on any atom is 0.310 e. The van der Waals surface area contributed by atoms with Crippen molar-refractivity contribution in [2.45, 2.75) is 32.2 Å². The average Bonchev–Trinajstić information content (AvgIpc) is 2.42. The molecule has 0 heterocycles. The van der Waals surface area contributed by atoms with E-state index in [-0.39, 0.29) is 18.0 Å². The maximum atomic E-state index is 11.3. The second-order valence-electron chi connectivity index (χ2n) is 5.13. The monoisotopic (exact) mass is 295 g/mol. The van der Waals surface area contributed by atoms with Crippen LogP contribution >= 0.6 is 0 Å². The number of hydrogen-bond acceptors (Lipinski definition) is 5. The zero-order chi connectivity index (χ0) is 16.0. The highest BCUT2D eigenvalue weighted by atomic mass is 16.6. The Morgan fingerprint density at radius 3 is 2.71 bits per heavy atom. The third-order valence-corrected chi connectivity index (χ3v) is 3.49. The molecule has 0 aromatic heterocycles. The van der Waals surface area contributed by atoms with Gasteiger partial charge in [0.1, 0.15) is 0 Å². The van der Waals surface area contributed by atoms with Gasteiger partial charge >= 0.3 is 5.69 Å². The predicted molar refractivity (Wildman–Crippen MR) is 79.2 cm³/mol. The Hall–Kier alpha value is -2.15. The molecule has 1 aromatic rings. The van der Waals surface area contributed by atoms with Gasteiger partial charge in [0.15, 0.2) is 5.75 Å². The van der Waals surface area contributed by atoms with E-state index < -0.39 is 16.4 Å². The van der Waals surface area contributed by atoms with Gasteiger partial charge in [-0.2, -0.15) is 0 Å². The summed E-state index contributed by atoms with van der Waals surface area (Å²) in [5.41, 5.74) is 5.34. The first kappa shape index (κ1) is 16.9. The molecule has 1 amide bonds. The van der Waals surface area contributed by atoms with Crippen LogP contribution in [0.15, 0.2) is 18.2 Å². The Labute approximate surface area is 123 Å². The topological polar surface area (TPSA) is 107 Å². The first-order valence-corrected chi connectivity index (χ1v) is 6.67. The minimum absolute atomic E-state index is 0.0631.